The molecular weight excluding hydrogens is 224 g/mol. The lowest BCUT2D eigenvalue weighted by Crippen LogP contribution is -2.11. The van der Waals surface area contributed by atoms with E-state index in [1.54, 1.807) is 12.3 Å². The molecule has 1 aromatic heterocycles. The van der Waals surface area contributed by atoms with E-state index in [0.29, 0.717) is 5.69 Å². The van der Waals surface area contributed by atoms with Crippen LogP contribution >= 0.6 is 15.9 Å². The molecule has 66 valence electrons. The smallest absolute Gasteiger partial charge is 0.359 e. The Balaban J connectivity index is 2.50. The average Bonchev–Trinajstić information content (AvgIpc) is 2.56. The van der Waals surface area contributed by atoms with Gasteiger partial charge in [0.2, 0.25) is 0 Å². The summed E-state index contributed by atoms with van der Waals surface area (Å²) in [4.78, 5) is 11.1. The molecule has 0 aliphatic heterocycles. The molecule has 0 spiro atoms. The minimum Gasteiger partial charge on any atom is -0.446 e. The second-order valence-electron chi connectivity index (χ2n) is 2.18. The van der Waals surface area contributed by atoms with Gasteiger partial charge in [0, 0.05) is 6.20 Å². The molecule has 0 saturated carbocycles. The van der Waals surface area contributed by atoms with Crippen molar-refractivity contribution in [1.82, 2.24) is 10.2 Å². The van der Waals surface area contributed by atoms with Gasteiger partial charge in [-0.25, -0.2) is 4.79 Å². The van der Waals surface area contributed by atoms with Crippen molar-refractivity contribution < 1.29 is 9.53 Å². The van der Waals surface area contributed by atoms with E-state index in [9.17, 15) is 4.79 Å². The lowest BCUT2D eigenvalue weighted by molar-refractivity contribution is 0.0457. The van der Waals surface area contributed by atoms with Crippen LogP contribution in [0.4, 0.5) is 0 Å². The molecule has 0 bridgehead atoms. The third kappa shape index (κ3) is 2.34. The van der Waals surface area contributed by atoms with Crippen molar-refractivity contribution >= 4 is 21.9 Å². The van der Waals surface area contributed by atoms with E-state index in [-0.39, 0.29) is 5.01 Å². The topological polar surface area (TPSA) is 55.0 Å². The van der Waals surface area contributed by atoms with E-state index in [4.69, 9.17) is 4.74 Å². The van der Waals surface area contributed by atoms with E-state index >= 15 is 0 Å². The highest BCUT2D eigenvalue weighted by atomic mass is 79.9. The zero-order valence-electron chi connectivity index (χ0n) is 6.58. The summed E-state index contributed by atoms with van der Waals surface area (Å²) in [7, 11) is 0. The van der Waals surface area contributed by atoms with Gasteiger partial charge in [0.1, 0.15) is 0 Å². The Bertz CT molecular complexity index is 248. The van der Waals surface area contributed by atoms with Crippen LogP contribution in [0.3, 0.4) is 0 Å². The van der Waals surface area contributed by atoms with Gasteiger partial charge < -0.3 is 4.74 Å². The molecule has 5 heteroatoms. The van der Waals surface area contributed by atoms with E-state index in [1.807, 2.05) is 6.92 Å². The second-order valence-corrected chi connectivity index (χ2v) is 3.20. The van der Waals surface area contributed by atoms with Crippen molar-refractivity contribution in [2.45, 2.75) is 18.4 Å². The standard InChI is InChI=1S/C7H9BrN2O2/c1-2-6(8)12-7(11)5-3-4-9-10-5/h3-4,6H,2H2,1H3,(H,9,10). The van der Waals surface area contributed by atoms with Crippen LogP contribution in [-0.2, 0) is 4.74 Å². The predicted octanol–water partition coefficient (Wildman–Crippen LogP) is 1.70. The fourth-order valence-electron chi connectivity index (χ4n) is 0.634. The van der Waals surface area contributed by atoms with Crippen LogP contribution in [0, 0.1) is 0 Å². The molecule has 0 fully saturated rings. The van der Waals surface area contributed by atoms with Crippen LogP contribution in [0.25, 0.3) is 0 Å². The van der Waals surface area contributed by atoms with Gasteiger partial charge in [-0.1, -0.05) is 6.92 Å². The number of halogens is 1. The number of nitrogens with one attached hydrogen (secondary N) is 1. The van der Waals surface area contributed by atoms with Gasteiger partial charge in [-0.05, 0) is 28.4 Å². The maximum Gasteiger partial charge on any atom is 0.359 e. The lowest BCUT2D eigenvalue weighted by Gasteiger charge is -2.06. The Labute approximate surface area is 78.4 Å². The Morgan fingerprint density at radius 2 is 2.67 bits per heavy atom. The molecule has 0 aromatic carbocycles. The van der Waals surface area contributed by atoms with Gasteiger partial charge in [0.15, 0.2) is 10.7 Å². The van der Waals surface area contributed by atoms with Crippen molar-refractivity contribution in [3.05, 3.63) is 18.0 Å². The summed E-state index contributed by atoms with van der Waals surface area (Å²) >= 11 is 3.18. The number of alkyl halides is 1. The largest absolute Gasteiger partial charge is 0.446 e. The Hall–Kier alpha value is -0.840. The monoisotopic (exact) mass is 232 g/mol. The van der Waals surface area contributed by atoms with Crippen molar-refractivity contribution in [2.24, 2.45) is 0 Å². The molecular formula is C7H9BrN2O2. The van der Waals surface area contributed by atoms with Gasteiger partial charge in [-0.2, -0.15) is 5.10 Å². The highest BCUT2D eigenvalue weighted by molar-refractivity contribution is 9.09. The molecule has 0 saturated heterocycles. The Kier molecular flexibility index (Phi) is 3.28. The number of rotatable bonds is 3. The van der Waals surface area contributed by atoms with Gasteiger partial charge in [-0.3, -0.25) is 5.10 Å². The normalized spacial score (nSPS) is 12.5. The summed E-state index contributed by atoms with van der Waals surface area (Å²) in [6.07, 6.45) is 2.31. The average molecular weight is 233 g/mol. The number of H-pyrrole nitrogens is 1. The number of hydrogen-bond acceptors (Lipinski definition) is 3. The fraction of sp³-hybridized carbons (Fsp3) is 0.429. The van der Waals surface area contributed by atoms with Crippen LogP contribution in [0.15, 0.2) is 12.3 Å². The number of carbonyl (C=O) groups excluding carboxylic acids is 1. The lowest BCUT2D eigenvalue weighted by atomic mass is 10.4. The first-order valence-electron chi connectivity index (χ1n) is 3.59. The van der Waals surface area contributed by atoms with E-state index in [1.165, 1.54) is 0 Å². The molecule has 0 aliphatic rings. The molecule has 1 atom stereocenters. The molecule has 0 amide bonds. The predicted molar refractivity (Wildman–Crippen MR) is 47.0 cm³/mol. The minimum atomic E-state index is -0.417. The zero-order chi connectivity index (χ0) is 8.97. The quantitative estimate of drug-likeness (QED) is 0.638. The third-order valence-electron chi connectivity index (χ3n) is 1.27. The summed E-state index contributed by atoms with van der Waals surface area (Å²) in [5.74, 6) is -0.417. The summed E-state index contributed by atoms with van der Waals surface area (Å²) in [5, 5.41) is 5.98. The van der Waals surface area contributed by atoms with Gasteiger partial charge >= 0.3 is 5.97 Å². The Morgan fingerprint density at radius 3 is 3.17 bits per heavy atom. The van der Waals surface area contributed by atoms with Crippen molar-refractivity contribution in [3.63, 3.8) is 0 Å². The highest BCUT2D eigenvalue weighted by Gasteiger charge is 2.12. The minimum absolute atomic E-state index is 0.235. The van der Waals surface area contributed by atoms with E-state index in [2.05, 4.69) is 26.1 Å². The molecule has 0 radical (unpaired) electrons. The third-order valence-corrected chi connectivity index (χ3v) is 2.10. The first-order valence-corrected chi connectivity index (χ1v) is 4.50. The first-order chi connectivity index (χ1) is 5.74. The van der Waals surface area contributed by atoms with Crippen LogP contribution in [0.2, 0.25) is 0 Å². The number of ether oxygens (including phenoxy) is 1. The van der Waals surface area contributed by atoms with E-state index < -0.39 is 5.97 Å². The number of esters is 1. The van der Waals surface area contributed by atoms with Gasteiger partial charge in [0.05, 0.1) is 0 Å². The molecule has 4 nitrogen and oxygen atoms in total. The molecule has 1 aromatic rings. The molecule has 1 heterocycles. The van der Waals surface area contributed by atoms with Crippen molar-refractivity contribution in [3.8, 4) is 0 Å². The number of hydrogen-bond donors (Lipinski definition) is 1. The van der Waals surface area contributed by atoms with Crippen molar-refractivity contribution in [1.29, 1.82) is 0 Å². The summed E-state index contributed by atoms with van der Waals surface area (Å²) in [6.45, 7) is 1.91. The SMILES string of the molecule is CCC(Br)OC(=O)c1cc[nH]n1. The molecule has 1 rings (SSSR count). The van der Waals surface area contributed by atoms with Crippen LogP contribution < -0.4 is 0 Å². The van der Waals surface area contributed by atoms with Crippen LogP contribution in [0.5, 0.6) is 0 Å². The molecule has 0 aliphatic carbocycles. The molecule has 1 unspecified atom stereocenters. The Morgan fingerprint density at radius 1 is 1.92 bits per heavy atom. The number of aromatic amines is 1. The molecule has 12 heavy (non-hydrogen) atoms. The van der Waals surface area contributed by atoms with Gasteiger partial charge in [-0.15, -0.1) is 0 Å². The second kappa shape index (κ2) is 4.25. The van der Waals surface area contributed by atoms with Gasteiger partial charge in [0.25, 0.3) is 0 Å². The number of aromatic nitrogens is 2. The summed E-state index contributed by atoms with van der Waals surface area (Å²) in [6, 6.07) is 1.57. The summed E-state index contributed by atoms with van der Waals surface area (Å²) in [5.41, 5.74) is 0.299. The maximum atomic E-state index is 11.1. The van der Waals surface area contributed by atoms with Crippen LogP contribution in [-0.4, -0.2) is 21.2 Å². The number of nitrogens with zero attached hydrogens (tertiary/aromatic N) is 1. The molecule has 1 N–H and O–H groups in total. The van der Waals surface area contributed by atoms with Crippen LogP contribution in [0.1, 0.15) is 23.8 Å². The first kappa shape index (κ1) is 9.25. The number of carbonyl (C=O) groups is 1. The zero-order valence-corrected chi connectivity index (χ0v) is 8.17. The maximum absolute atomic E-state index is 11.1. The highest BCUT2D eigenvalue weighted by Crippen LogP contribution is 2.08. The fourth-order valence-corrected chi connectivity index (χ4v) is 0.804. The van der Waals surface area contributed by atoms with Crippen molar-refractivity contribution in [2.75, 3.05) is 0 Å². The van der Waals surface area contributed by atoms with E-state index in [0.717, 1.165) is 6.42 Å². The summed E-state index contributed by atoms with van der Waals surface area (Å²) < 4.78 is 4.94.